The maximum Gasteiger partial charge on any atom is 0.241 e. The fourth-order valence-corrected chi connectivity index (χ4v) is 1.71. The first-order chi connectivity index (χ1) is 8.45. The summed E-state index contributed by atoms with van der Waals surface area (Å²) in [5.74, 6) is -3.54. The van der Waals surface area contributed by atoms with Gasteiger partial charge in [-0.25, -0.2) is 13.2 Å². The van der Waals surface area contributed by atoms with Gasteiger partial charge in [0.2, 0.25) is 5.91 Å². The fraction of sp³-hybridized carbons (Fsp3) is 0.364. The van der Waals surface area contributed by atoms with E-state index in [0.717, 1.165) is 0 Å². The van der Waals surface area contributed by atoms with Crippen molar-refractivity contribution in [3.05, 3.63) is 29.6 Å². The number of hydrogen-bond donors (Lipinski definition) is 2. The topological polar surface area (TPSA) is 55.1 Å². The van der Waals surface area contributed by atoms with Crippen LogP contribution in [0.3, 0.4) is 0 Å². The van der Waals surface area contributed by atoms with Crippen molar-refractivity contribution in [1.82, 2.24) is 0 Å². The zero-order valence-corrected chi connectivity index (χ0v) is 11.7. The summed E-state index contributed by atoms with van der Waals surface area (Å²) >= 11 is 1.52. The highest BCUT2D eigenvalue weighted by Crippen LogP contribution is 2.18. The average Bonchev–Trinajstić information content (AvgIpc) is 2.32. The number of halogens is 4. The summed E-state index contributed by atoms with van der Waals surface area (Å²) in [6.45, 7) is 0. The Labute approximate surface area is 119 Å². The van der Waals surface area contributed by atoms with Crippen LogP contribution < -0.4 is 11.1 Å². The number of amides is 1. The Hall–Kier alpha value is -0.920. The Morgan fingerprint density at radius 2 is 1.89 bits per heavy atom. The van der Waals surface area contributed by atoms with Crippen LogP contribution >= 0.6 is 24.2 Å². The first kappa shape index (κ1) is 18.1. The van der Waals surface area contributed by atoms with Crippen LogP contribution in [0.1, 0.15) is 6.42 Å². The van der Waals surface area contributed by atoms with Crippen LogP contribution in [-0.4, -0.2) is 24.0 Å². The smallest absolute Gasteiger partial charge is 0.241 e. The van der Waals surface area contributed by atoms with E-state index in [2.05, 4.69) is 5.32 Å². The molecular formula is C11H14ClF3N2OS. The van der Waals surface area contributed by atoms with Gasteiger partial charge in [-0.2, -0.15) is 11.8 Å². The lowest BCUT2D eigenvalue weighted by Gasteiger charge is -2.12. The molecule has 0 fully saturated rings. The lowest BCUT2D eigenvalue weighted by Crippen LogP contribution is -2.36. The van der Waals surface area contributed by atoms with Gasteiger partial charge in [0.25, 0.3) is 0 Å². The minimum absolute atomic E-state index is 0. The Kier molecular flexibility index (Phi) is 7.89. The number of benzene rings is 1. The number of nitrogens with two attached hydrogens (primary N) is 1. The van der Waals surface area contributed by atoms with E-state index in [1.54, 1.807) is 0 Å². The molecule has 1 aromatic rings. The van der Waals surface area contributed by atoms with E-state index in [9.17, 15) is 18.0 Å². The van der Waals surface area contributed by atoms with Gasteiger partial charge in [0.1, 0.15) is 5.82 Å². The van der Waals surface area contributed by atoms with Crippen LogP contribution in [0.5, 0.6) is 0 Å². The molecule has 0 unspecified atom stereocenters. The van der Waals surface area contributed by atoms with Crippen molar-refractivity contribution in [2.24, 2.45) is 5.73 Å². The monoisotopic (exact) mass is 314 g/mol. The van der Waals surface area contributed by atoms with Crippen LogP contribution in [0.2, 0.25) is 0 Å². The Morgan fingerprint density at radius 3 is 2.47 bits per heavy atom. The molecule has 0 aliphatic heterocycles. The molecule has 8 heteroatoms. The number of rotatable bonds is 5. The minimum atomic E-state index is -1.31. The number of carbonyl (C=O) groups excluding carboxylic acids is 1. The molecule has 0 spiro atoms. The van der Waals surface area contributed by atoms with Gasteiger partial charge >= 0.3 is 0 Å². The molecule has 3 nitrogen and oxygen atoms in total. The van der Waals surface area contributed by atoms with E-state index in [0.29, 0.717) is 24.3 Å². The summed E-state index contributed by atoms with van der Waals surface area (Å²) in [6.07, 6.45) is 2.28. The Balaban J connectivity index is 0.00000324. The highest BCUT2D eigenvalue weighted by Gasteiger charge is 2.16. The zero-order valence-electron chi connectivity index (χ0n) is 10.1. The number of nitrogens with one attached hydrogen (secondary N) is 1. The molecule has 0 radical (unpaired) electrons. The summed E-state index contributed by atoms with van der Waals surface area (Å²) in [5, 5.41) is 2.13. The van der Waals surface area contributed by atoms with E-state index in [-0.39, 0.29) is 12.4 Å². The summed E-state index contributed by atoms with van der Waals surface area (Å²) < 4.78 is 38.8. The SMILES string of the molecule is CSCC[C@H](N)C(=O)Nc1cc(F)c(F)cc1F.Cl. The molecule has 0 saturated heterocycles. The quantitative estimate of drug-likeness (QED) is 0.821. The van der Waals surface area contributed by atoms with Gasteiger partial charge in [-0.3, -0.25) is 4.79 Å². The van der Waals surface area contributed by atoms with Crippen LogP contribution in [0.25, 0.3) is 0 Å². The first-order valence-electron chi connectivity index (χ1n) is 5.15. The number of carbonyl (C=O) groups is 1. The predicted octanol–water partition coefficient (Wildman–Crippen LogP) is 2.54. The van der Waals surface area contributed by atoms with E-state index >= 15 is 0 Å². The minimum Gasteiger partial charge on any atom is -0.322 e. The van der Waals surface area contributed by atoms with Crippen molar-refractivity contribution in [2.45, 2.75) is 12.5 Å². The Morgan fingerprint density at radius 1 is 1.32 bits per heavy atom. The van der Waals surface area contributed by atoms with Crippen molar-refractivity contribution >= 4 is 35.8 Å². The summed E-state index contributed by atoms with van der Waals surface area (Å²) in [5.41, 5.74) is 5.14. The first-order valence-corrected chi connectivity index (χ1v) is 6.55. The highest BCUT2D eigenvalue weighted by molar-refractivity contribution is 7.98. The third-order valence-electron chi connectivity index (χ3n) is 2.24. The third kappa shape index (κ3) is 5.30. The van der Waals surface area contributed by atoms with Gasteiger partial charge in [0, 0.05) is 12.1 Å². The van der Waals surface area contributed by atoms with Crippen LogP contribution in [0.4, 0.5) is 18.9 Å². The van der Waals surface area contributed by atoms with Gasteiger partial charge < -0.3 is 11.1 Å². The highest BCUT2D eigenvalue weighted by atomic mass is 35.5. The normalized spacial score (nSPS) is 11.6. The van der Waals surface area contributed by atoms with Crippen molar-refractivity contribution in [2.75, 3.05) is 17.3 Å². The number of anilines is 1. The van der Waals surface area contributed by atoms with E-state index in [1.165, 1.54) is 11.8 Å². The fourth-order valence-electron chi connectivity index (χ4n) is 1.22. The molecule has 3 N–H and O–H groups in total. The second-order valence-corrected chi connectivity index (χ2v) is 4.61. The second kappa shape index (κ2) is 8.29. The molecule has 0 saturated carbocycles. The maximum absolute atomic E-state index is 13.2. The van der Waals surface area contributed by atoms with E-state index < -0.39 is 35.1 Å². The van der Waals surface area contributed by atoms with E-state index in [1.807, 2.05) is 6.26 Å². The predicted molar refractivity (Wildman–Crippen MR) is 73.2 cm³/mol. The molecule has 1 rings (SSSR count). The van der Waals surface area contributed by atoms with E-state index in [4.69, 9.17) is 5.73 Å². The van der Waals surface area contributed by atoms with Gasteiger partial charge in [0.05, 0.1) is 11.7 Å². The standard InChI is InChI=1S/C11H13F3N2OS.ClH/c1-18-3-2-9(15)11(17)16-10-5-7(13)6(12)4-8(10)14;/h4-5,9H,2-3,15H2,1H3,(H,16,17);1H/t9-;/m0./s1. The summed E-state index contributed by atoms with van der Waals surface area (Å²) in [6, 6.07) is 0.146. The van der Waals surface area contributed by atoms with Gasteiger partial charge in [-0.1, -0.05) is 0 Å². The number of thioether (sulfide) groups is 1. The Bertz CT molecular complexity index is 448. The molecule has 1 aromatic carbocycles. The summed E-state index contributed by atoms with van der Waals surface area (Å²) in [7, 11) is 0. The van der Waals surface area contributed by atoms with Gasteiger partial charge in [-0.15, -0.1) is 12.4 Å². The lowest BCUT2D eigenvalue weighted by atomic mass is 10.2. The molecule has 0 aromatic heterocycles. The molecule has 0 aliphatic rings. The number of hydrogen-bond acceptors (Lipinski definition) is 3. The third-order valence-corrected chi connectivity index (χ3v) is 2.88. The molecular weight excluding hydrogens is 301 g/mol. The maximum atomic E-state index is 13.2. The van der Waals surface area contributed by atoms with Crippen molar-refractivity contribution in [3.8, 4) is 0 Å². The molecule has 1 amide bonds. The van der Waals surface area contributed by atoms with Crippen LogP contribution in [-0.2, 0) is 4.79 Å². The molecule has 0 bridgehead atoms. The summed E-state index contributed by atoms with van der Waals surface area (Å²) in [4.78, 5) is 11.5. The van der Waals surface area contributed by atoms with Crippen molar-refractivity contribution < 1.29 is 18.0 Å². The molecule has 108 valence electrons. The van der Waals surface area contributed by atoms with Crippen molar-refractivity contribution in [1.29, 1.82) is 0 Å². The molecule has 0 heterocycles. The zero-order chi connectivity index (χ0) is 13.7. The van der Waals surface area contributed by atoms with Gasteiger partial charge in [0.15, 0.2) is 11.6 Å². The largest absolute Gasteiger partial charge is 0.322 e. The lowest BCUT2D eigenvalue weighted by molar-refractivity contribution is -0.117. The van der Waals surface area contributed by atoms with Crippen molar-refractivity contribution in [3.63, 3.8) is 0 Å². The second-order valence-electron chi connectivity index (χ2n) is 3.62. The van der Waals surface area contributed by atoms with Crippen LogP contribution in [0.15, 0.2) is 12.1 Å². The average molecular weight is 315 g/mol. The van der Waals surface area contributed by atoms with Gasteiger partial charge in [-0.05, 0) is 18.4 Å². The molecule has 19 heavy (non-hydrogen) atoms. The van der Waals surface area contributed by atoms with Crippen LogP contribution in [0, 0.1) is 17.5 Å². The molecule has 0 aliphatic carbocycles. The molecule has 1 atom stereocenters.